The lowest BCUT2D eigenvalue weighted by Gasteiger charge is -2.22. The van der Waals surface area contributed by atoms with Crippen LogP contribution in [0, 0.1) is 11.3 Å². The Hall–Kier alpha value is -2.22. The van der Waals surface area contributed by atoms with E-state index in [4.69, 9.17) is 14.7 Å². The molecule has 1 fully saturated rings. The van der Waals surface area contributed by atoms with Crippen LogP contribution >= 0.6 is 0 Å². The van der Waals surface area contributed by atoms with Crippen molar-refractivity contribution in [3.63, 3.8) is 0 Å². The largest absolute Gasteiger partial charge is 0.490 e. The molecule has 0 aromatic heterocycles. The molecule has 21 heavy (non-hydrogen) atoms. The molecule has 5 heteroatoms. The van der Waals surface area contributed by atoms with Gasteiger partial charge in [-0.3, -0.25) is 4.79 Å². The number of benzene rings is 1. The maximum absolute atomic E-state index is 12.2. The molecule has 1 aromatic rings. The minimum absolute atomic E-state index is 0.000641. The van der Waals surface area contributed by atoms with E-state index in [0.717, 1.165) is 25.9 Å². The van der Waals surface area contributed by atoms with Crippen molar-refractivity contribution < 1.29 is 14.3 Å². The lowest BCUT2D eigenvalue weighted by atomic mass is 10.2. The highest BCUT2D eigenvalue weighted by molar-refractivity contribution is 5.81. The summed E-state index contributed by atoms with van der Waals surface area (Å²) in [5.74, 6) is 0.993. The Labute approximate surface area is 125 Å². The first-order valence-electron chi connectivity index (χ1n) is 7.28. The summed E-state index contributed by atoms with van der Waals surface area (Å²) >= 11 is 0. The third kappa shape index (κ3) is 3.66. The second-order valence-corrected chi connectivity index (χ2v) is 5.00. The number of nitrogens with zero attached hydrogens (tertiary/aromatic N) is 2. The van der Waals surface area contributed by atoms with Gasteiger partial charge in [0.2, 0.25) is 0 Å². The normalized spacial score (nSPS) is 15.4. The number of likely N-dealkylation sites (tertiary alicyclic amines) is 1. The molecule has 0 saturated carbocycles. The van der Waals surface area contributed by atoms with Gasteiger partial charge in [0, 0.05) is 19.2 Å². The lowest BCUT2D eigenvalue weighted by molar-refractivity contribution is -0.136. The van der Waals surface area contributed by atoms with Gasteiger partial charge < -0.3 is 14.4 Å². The Kier molecular flexibility index (Phi) is 5.04. The number of amides is 1. The summed E-state index contributed by atoms with van der Waals surface area (Å²) in [5, 5.41) is 8.93. The highest BCUT2D eigenvalue weighted by atomic mass is 16.5. The van der Waals surface area contributed by atoms with Gasteiger partial charge >= 0.3 is 0 Å². The van der Waals surface area contributed by atoms with Crippen molar-refractivity contribution in [2.75, 3.05) is 19.7 Å². The summed E-state index contributed by atoms with van der Waals surface area (Å²) in [6, 6.07) is 7.03. The van der Waals surface area contributed by atoms with Crippen molar-refractivity contribution in [3.05, 3.63) is 23.8 Å². The number of rotatable bonds is 5. The fourth-order valence-corrected chi connectivity index (χ4v) is 2.38. The smallest absolute Gasteiger partial charge is 0.263 e. The van der Waals surface area contributed by atoms with E-state index < -0.39 is 6.10 Å². The van der Waals surface area contributed by atoms with E-state index >= 15 is 0 Å². The van der Waals surface area contributed by atoms with Crippen LogP contribution in [0.3, 0.4) is 0 Å². The van der Waals surface area contributed by atoms with E-state index in [1.54, 1.807) is 25.1 Å². The zero-order chi connectivity index (χ0) is 15.2. The minimum Gasteiger partial charge on any atom is -0.490 e. The number of hydrogen-bond acceptors (Lipinski definition) is 4. The summed E-state index contributed by atoms with van der Waals surface area (Å²) in [5.41, 5.74) is 0.504. The quantitative estimate of drug-likeness (QED) is 0.834. The third-order valence-electron chi connectivity index (χ3n) is 3.44. The fraction of sp³-hybridized carbons (Fsp3) is 0.500. The number of carbonyl (C=O) groups excluding carboxylic acids is 1. The molecule has 0 aliphatic carbocycles. The van der Waals surface area contributed by atoms with Gasteiger partial charge in [0.25, 0.3) is 5.91 Å². The molecule has 2 rings (SSSR count). The molecule has 5 nitrogen and oxygen atoms in total. The Morgan fingerprint density at radius 2 is 2.10 bits per heavy atom. The Balaban J connectivity index is 2.10. The summed E-state index contributed by atoms with van der Waals surface area (Å²) < 4.78 is 11.2. The van der Waals surface area contributed by atoms with Crippen LogP contribution in [0.1, 0.15) is 32.3 Å². The van der Waals surface area contributed by atoms with E-state index in [-0.39, 0.29) is 5.91 Å². The first kappa shape index (κ1) is 15.2. The van der Waals surface area contributed by atoms with Gasteiger partial charge in [0.15, 0.2) is 17.6 Å². The van der Waals surface area contributed by atoms with Crippen molar-refractivity contribution in [1.29, 1.82) is 5.26 Å². The maximum Gasteiger partial charge on any atom is 0.263 e. The number of nitriles is 1. The molecule has 0 N–H and O–H groups in total. The molecule has 1 amide bonds. The molecule has 0 radical (unpaired) electrons. The SMILES string of the molecule is CCOc1cc(C#N)ccc1OC(C)C(=O)N1CCCC1. The van der Waals surface area contributed by atoms with Gasteiger partial charge in [-0.25, -0.2) is 0 Å². The van der Waals surface area contributed by atoms with Crippen LogP contribution in [0.4, 0.5) is 0 Å². The monoisotopic (exact) mass is 288 g/mol. The minimum atomic E-state index is -0.560. The zero-order valence-corrected chi connectivity index (χ0v) is 12.5. The van der Waals surface area contributed by atoms with Gasteiger partial charge in [-0.15, -0.1) is 0 Å². The Morgan fingerprint density at radius 3 is 2.71 bits per heavy atom. The molecule has 0 spiro atoms. The molecule has 1 aliphatic rings. The van der Waals surface area contributed by atoms with Crippen molar-refractivity contribution in [1.82, 2.24) is 4.90 Å². The number of carbonyl (C=O) groups is 1. The van der Waals surface area contributed by atoms with Crippen LogP contribution in [0.25, 0.3) is 0 Å². The average Bonchev–Trinajstić information content (AvgIpc) is 3.02. The molecular weight excluding hydrogens is 268 g/mol. The van der Waals surface area contributed by atoms with Crippen molar-refractivity contribution in [2.45, 2.75) is 32.8 Å². The first-order chi connectivity index (χ1) is 10.2. The highest BCUT2D eigenvalue weighted by Crippen LogP contribution is 2.29. The second kappa shape index (κ2) is 6.98. The van der Waals surface area contributed by atoms with Gasteiger partial charge in [-0.1, -0.05) is 0 Å². The van der Waals surface area contributed by atoms with Crippen LogP contribution in [0.2, 0.25) is 0 Å². The van der Waals surface area contributed by atoms with Gasteiger partial charge in [0.05, 0.1) is 18.2 Å². The maximum atomic E-state index is 12.2. The van der Waals surface area contributed by atoms with E-state index in [9.17, 15) is 4.79 Å². The van der Waals surface area contributed by atoms with E-state index in [2.05, 4.69) is 6.07 Å². The molecule has 1 aliphatic heterocycles. The van der Waals surface area contributed by atoms with Gasteiger partial charge in [0.1, 0.15) is 0 Å². The van der Waals surface area contributed by atoms with Crippen LogP contribution in [0.5, 0.6) is 11.5 Å². The summed E-state index contributed by atoms with van der Waals surface area (Å²) in [7, 11) is 0. The summed E-state index contributed by atoms with van der Waals surface area (Å²) in [6.07, 6.45) is 1.55. The Morgan fingerprint density at radius 1 is 1.38 bits per heavy atom. The summed E-state index contributed by atoms with van der Waals surface area (Å²) in [4.78, 5) is 14.1. The van der Waals surface area contributed by atoms with Crippen molar-refractivity contribution in [3.8, 4) is 17.6 Å². The molecule has 1 unspecified atom stereocenters. The van der Waals surface area contributed by atoms with Crippen LogP contribution in [0.15, 0.2) is 18.2 Å². The Bertz CT molecular complexity index is 545. The number of ether oxygens (including phenoxy) is 2. The number of hydrogen-bond donors (Lipinski definition) is 0. The second-order valence-electron chi connectivity index (χ2n) is 5.00. The van der Waals surface area contributed by atoms with E-state index in [1.807, 2.05) is 11.8 Å². The fourth-order valence-electron chi connectivity index (χ4n) is 2.38. The predicted octanol–water partition coefficient (Wildman–Crippen LogP) is 2.35. The standard InChI is InChI=1S/C16H20N2O3/c1-3-20-15-10-13(11-17)6-7-14(15)21-12(2)16(19)18-8-4-5-9-18/h6-7,10,12H,3-5,8-9H2,1-2H3. The van der Waals surface area contributed by atoms with E-state index in [0.29, 0.717) is 23.7 Å². The predicted molar refractivity (Wildman–Crippen MR) is 78.2 cm³/mol. The molecule has 1 heterocycles. The molecule has 0 bridgehead atoms. The first-order valence-corrected chi connectivity index (χ1v) is 7.28. The van der Waals surface area contributed by atoms with Gasteiger partial charge in [-0.05, 0) is 38.8 Å². The molecular formula is C16H20N2O3. The molecule has 112 valence electrons. The highest BCUT2D eigenvalue weighted by Gasteiger charge is 2.25. The van der Waals surface area contributed by atoms with E-state index in [1.165, 1.54) is 0 Å². The topological polar surface area (TPSA) is 62.6 Å². The third-order valence-corrected chi connectivity index (χ3v) is 3.44. The zero-order valence-electron chi connectivity index (χ0n) is 12.5. The lowest BCUT2D eigenvalue weighted by Crippen LogP contribution is -2.38. The van der Waals surface area contributed by atoms with Crippen LogP contribution < -0.4 is 9.47 Å². The average molecular weight is 288 g/mol. The molecule has 1 saturated heterocycles. The molecule has 1 aromatic carbocycles. The van der Waals surface area contributed by atoms with Crippen LogP contribution in [-0.2, 0) is 4.79 Å². The summed E-state index contributed by atoms with van der Waals surface area (Å²) in [6.45, 7) is 5.69. The van der Waals surface area contributed by atoms with Crippen LogP contribution in [-0.4, -0.2) is 36.6 Å². The van der Waals surface area contributed by atoms with Crippen molar-refractivity contribution in [2.24, 2.45) is 0 Å². The van der Waals surface area contributed by atoms with Crippen molar-refractivity contribution >= 4 is 5.91 Å². The molecule has 1 atom stereocenters. The van der Waals surface area contributed by atoms with Gasteiger partial charge in [-0.2, -0.15) is 5.26 Å².